The van der Waals surface area contributed by atoms with Crippen LogP contribution in [0.1, 0.15) is 0 Å². The monoisotopic (exact) mass is 464 g/mol. The molecule has 1 aliphatic rings. The Morgan fingerprint density at radius 1 is 1.09 bits per heavy atom. The van der Waals surface area contributed by atoms with E-state index in [1.54, 1.807) is 18.3 Å². The summed E-state index contributed by atoms with van der Waals surface area (Å²) in [7, 11) is -1.90. The van der Waals surface area contributed by atoms with Crippen LogP contribution >= 0.6 is 0 Å². The molecule has 0 bridgehead atoms. The number of nitrogens with zero attached hydrogens (tertiary/aromatic N) is 4. The number of fused-ring (bicyclic) bond motifs is 1. The Kier molecular flexibility index (Phi) is 5.49. The molecule has 1 fully saturated rings. The molecule has 1 aliphatic heterocycles. The molecule has 170 valence electrons. The van der Waals surface area contributed by atoms with Gasteiger partial charge in [0.25, 0.3) is 0 Å². The van der Waals surface area contributed by atoms with Gasteiger partial charge in [-0.2, -0.15) is 0 Å². The average molecular weight is 465 g/mol. The second-order valence-electron chi connectivity index (χ2n) is 7.93. The van der Waals surface area contributed by atoms with Gasteiger partial charge in [0.15, 0.2) is 0 Å². The summed E-state index contributed by atoms with van der Waals surface area (Å²) < 4.78 is 30.9. The van der Waals surface area contributed by atoms with Gasteiger partial charge < -0.3 is 19.5 Å². The van der Waals surface area contributed by atoms with Crippen LogP contribution in [0.25, 0.3) is 22.2 Å². The number of aryl methyl sites for hydroxylation is 1. The lowest BCUT2D eigenvalue weighted by atomic mass is 10.1. The second-order valence-corrected chi connectivity index (χ2v) is 9.49. The van der Waals surface area contributed by atoms with Crippen LogP contribution in [0.2, 0.25) is 0 Å². The molecule has 0 atom stereocenters. The molecule has 10 heteroatoms. The van der Waals surface area contributed by atoms with Gasteiger partial charge in [0, 0.05) is 43.3 Å². The number of rotatable bonds is 5. The van der Waals surface area contributed by atoms with E-state index in [1.165, 1.54) is 6.07 Å². The first-order chi connectivity index (χ1) is 15.9. The quantitative estimate of drug-likeness (QED) is 0.467. The van der Waals surface area contributed by atoms with Gasteiger partial charge in [-0.25, -0.2) is 23.5 Å². The van der Waals surface area contributed by atoms with Crippen LogP contribution in [0, 0.1) is 0 Å². The molecule has 2 aromatic heterocycles. The van der Waals surface area contributed by atoms with Crippen LogP contribution in [0.15, 0.2) is 65.8 Å². The molecule has 4 aromatic rings. The van der Waals surface area contributed by atoms with Crippen molar-refractivity contribution in [3.05, 3.63) is 60.9 Å². The fourth-order valence-electron chi connectivity index (χ4n) is 3.97. The Morgan fingerprint density at radius 2 is 1.85 bits per heavy atom. The summed E-state index contributed by atoms with van der Waals surface area (Å²) >= 11 is 0. The molecule has 0 aliphatic carbocycles. The lowest BCUT2D eigenvalue weighted by Crippen LogP contribution is -2.36. The second kappa shape index (κ2) is 8.47. The zero-order valence-corrected chi connectivity index (χ0v) is 18.9. The molecule has 0 unspecified atom stereocenters. The lowest BCUT2D eigenvalue weighted by Gasteiger charge is -2.28. The van der Waals surface area contributed by atoms with Gasteiger partial charge in [-0.15, -0.1) is 0 Å². The first-order valence-corrected chi connectivity index (χ1v) is 12.1. The third-order valence-electron chi connectivity index (χ3n) is 5.70. The van der Waals surface area contributed by atoms with E-state index in [4.69, 9.17) is 14.9 Å². The topological polar surface area (TPSA) is 115 Å². The molecule has 0 amide bonds. The van der Waals surface area contributed by atoms with Crippen LogP contribution in [0.4, 0.5) is 17.3 Å². The number of morpholine rings is 1. The fraction of sp³-hybridized carbons (Fsp3) is 0.217. The highest BCUT2D eigenvalue weighted by Gasteiger charge is 2.15. The van der Waals surface area contributed by atoms with E-state index in [0.29, 0.717) is 17.0 Å². The van der Waals surface area contributed by atoms with Crippen molar-refractivity contribution in [2.24, 2.45) is 12.2 Å². The van der Waals surface area contributed by atoms with Crippen molar-refractivity contribution < 1.29 is 13.2 Å². The summed E-state index contributed by atoms with van der Waals surface area (Å²) in [6.45, 7) is 3.26. The third-order valence-corrected chi connectivity index (χ3v) is 6.61. The van der Waals surface area contributed by atoms with E-state index in [0.717, 1.165) is 48.8 Å². The van der Waals surface area contributed by atoms with Gasteiger partial charge in [0.1, 0.15) is 5.52 Å². The maximum absolute atomic E-state index is 11.8. The zero-order valence-electron chi connectivity index (χ0n) is 18.1. The zero-order chi connectivity index (χ0) is 23.0. The molecule has 3 N–H and O–H groups in total. The van der Waals surface area contributed by atoms with Crippen LogP contribution in [-0.2, 0) is 21.8 Å². The van der Waals surface area contributed by atoms with Gasteiger partial charge in [0.05, 0.1) is 29.8 Å². The van der Waals surface area contributed by atoms with Crippen molar-refractivity contribution in [1.29, 1.82) is 0 Å². The standard InChI is InChI=1S/C23H24N6O3S/c1-28-15-20(16-3-2-4-19(13-16)33(24,30)31)22-21(28)14-25-23(27-22)26-17-5-7-18(8-6-17)29-9-11-32-12-10-29/h2-8,13-15H,9-12H2,1H3,(H2,24,30,31)(H,25,26,27). The highest BCUT2D eigenvalue weighted by atomic mass is 32.2. The highest BCUT2D eigenvalue weighted by Crippen LogP contribution is 2.31. The number of benzene rings is 2. The maximum Gasteiger partial charge on any atom is 0.238 e. The van der Waals surface area contributed by atoms with E-state index in [-0.39, 0.29) is 4.90 Å². The molecule has 3 heterocycles. The minimum absolute atomic E-state index is 0.0600. The number of primary sulfonamides is 1. The average Bonchev–Trinajstić information content (AvgIpc) is 3.15. The Morgan fingerprint density at radius 3 is 2.58 bits per heavy atom. The Hall–Kier alpha value is -3.47. The highest BCUT2D eigenvalue weighted by molar-refractivity contribution is 7.89. The molecule has 33 heavy (non-hydrogen) atoms. The molecule has 0 saturated carbocycles. The van der Waals surface area contributed by atoms with Crippen LogP contribution in [0.3, 0.4) is 0 Å². The Labute approximate surface area is 191 Å². The van der Waals surface area contributed by atoms with Crippen molar-refractivity contribution >= 4 is 38.4 Å². The SMILES string of the molecule is Cn1cc(-c2cccc(S(N)(=O)=O)c2)c2nc(Nc3ccc(N4CCOCC4)cc3)ncc21. The van der Waals surface area contributed by atoms with Crippen LogP contribution < -0.4 is 15.4 Å². The van der Waals surface area contributed by atoms with E-state index in [1.807, 2.05) is 36.0 Å². The normalized spacial score (nSPS) is 14.5. The number of hydrogen-bond acceptors (Lipinski definition) is 7. The molecular formula is C23H24N6O3S. The summed E-state index contributed by atoms with van der Waals surface area (Å²) in [6.07, 6.45) is 3.66. The minimum Gasteiger partial charge on any atom is -0.378 e. The van der Waals surface area contributed by atoms with E-state index in [9.17, 15) is 8.42 Å². The number of sulfonamides is 1. The van der Waals surface area contributed by atoms with Crippen molar-refractivity contribution in [3.63, 3.8) is 0 Å². The van der Waals surface area contributed by atoms with Gasteiger partial charge in [-0.05, 0) is 42.0 Å². The Bertz CT molecular complexity index is 1410. The lowest BCUT2D eigenvalue weighted by molar-refractivity contribution is 0.122. The number of aromatic nitrogens is 3. The van der Waals surface area contributed by atoms with Crippen LogP contribution in [-0.4, -0.2) is 49.3 Å². The van der Waals surface area contributed by atoms with Crippen LogP contribution in [0.5, 0.6) is 0 Å². The van der Waals surface area contributed by atoms with E-state index < -0.39 is 10.0 Å². The van der Waals surface area contributed by atoms with Crippen molar-refractivity contribution in [3.8, 4) is 11.1 Å². The van der Waals surface area contributed by atoms with E-state index >= 15 is 0 Å². The van der Waals surface area contributed by atoms with Gasteiger partial charge >= 0.3 is 0 Å². The number of nitrogens with two attached hydrogens (primary N) is 1. The van der Waals surface area contributed by atoms with Crippen molar-refractivity contribution in [1.82, 2.24) is 14.5 Å². The minimum atomic E-state index is -3.80. The van der Waals surface area contributed by atoms with Gasteiger partial charge in [0.2, 0.25) is 16.0 Å². The summed E-state index contributed by atoms with van der Waals surface area (Å²) in [5, 5.41) is 8.57. The summed E-state index contributed by atoms with van der Waals surface area (Å²) in [6, 6.07) is 14.7. The molecule has 0 radical (unpaired) electrons. The molecule has 2 aromatic carbocycles. The van der Waals surface area contributed by atoms with Gasteiger partial charge in [-0.1, -0.05) is 12.1 Å². The molecule has 1 saturated heterocycles. The molecular weight excluding hydrogens is 440 g/mol. The maximum atomic E-state index is 11.8. The first kappa shape index (κ1) is 21.4. The molecule has 9 nitrogen and oxygen atoms in total. The van der Waals surface area contributed by atoms with Crippen molar-refractivity contribution in [2.45, 2.75) is 4.90 Å². The number of nitrogens with one attached hydrogen (secondary N) is 1. The number of anilines is 3. The fourth-order valence-corrected chi connectivity index (χ4v) is 4.53. The van der Waals surface area contributed by atoms with E-state index in [2.05, 4.69) is 27.3 Å². The van der Waals surface area contributed by atoms with Gasteiger partial charge in [-0.3, -0.25) is 0 Å². The number of hydrogen-bond donors (Lipinski definition) is 2. The summed E-state index contributed by atoms with van der Waals surface area (Å²) in [5.74, 6) is 0.455. The molecule has 5 rings (SSSR count). The van der Waals surface area contributed by atoms with Crippen molar-refractivity contribution in [2.75, 3.05) is 36.5 Å². The molecule has 0 spiro atoms. The predicted octanol–water partition coefficient (Wildman–Crippen LogP) is 2.86. The predicted molar refractivity (Wildman–Crippen MR) is 128 cm³/mol. The summed E-state index contributed by atoms with van der Waals surface area (Å²) in [5.41, 5.74) is 5.09. The smallest absolute Gasteiger partial charge is 0.238 e. The largest absolute Gasteiger partial charge is 0.378 e. The number of ether oxygens (including phenoxy) is 1. The Balaban J connectivity index is 1.45. The summed E-state index contributed by atoms with van der Waals surface area (Å²) in [4.78, 5) is 11.5. The first-order valence-electron chi connectivity index (χ1n) is 10.5. The third kappa shape index (κ3) is 4.40.